The van der Waals surface area contributed by atoms with Gasteiger partial charge in [0.25, 0.3) is 0 Å². The van der Waals surface area contributed by atoms with Crippen LogP contribution >= 0.6 is 0 Å². The molecule has 1 aliphatic rings. The van der Waals surface area contributed by atoms with Crippen LogP contribution in [-0.4, -0.2) is 49.9 Å². The highest BCUT2D eigenvalue weighted by molar-refractivity contribution is 5.80. The summed E-state index contributed by atoms with van der Waals surface area (Å²) >= 11 is 0. The maximum atomic E-state index is 13.4. The van der Waals surface area contributed by atoms with Gasteiger partial charge in [-0.3, -0.25) is 4.99 Å². The molecule has 1 aromatic carbocycles. The summed E-state index contributed by atoms with van der Waals surface area (Å²) < 4.78 is 13.4. The van der Waals surface area contributed by atoms with Gasteiger partial charge in [0, 0.05) is 44.5 Å². The molecule has 2 rings (SSSR count). The Morgan fingerprint density at radius 3 is 2.79 bits per heavy atom. The zero-order chi connectivity index (χ0) is 17.4. The predicted octanol–water partition coefficient (Wildman–Crippen LogP) is 1.98. The Bertz CT molecular complexity index is 530. The molecule has 1 heterocycles. The smallest absolute Gasteiger partial charge is 0.191 e. The predicted molar refractivity (Wildman–Crippen MR) is 97.0 cm³/mol. The van der Waals surface area contributed by atoms with Crippen LogP contribution < -0.4 is 15.5 Å². The van der Waals surface area contributed by atoms with Gasteiger partial charge in [-0.1, -0.05) is 13.0 Å². The molecule has 1 aliphatic heterocycles. The minimum atomic E-state index is -0.188. The van der Waals surface area contributed by atoms with Crippen molar-refractivity contribution in [2.45, 2.75) is 32.7 Å². The number of anilines is 1. The van der Waals surface area contributed by atoms with Gasteiger partial charge < -0.3 is 20.6 Å². The van der Waals surface area contributed by atoms with E-state index in [9.17, 15) is 4.39 Å². The highest BCUT2D eigenvalue weighted by Crippen LogP contribution is 2.20. The first-order valence-electron chi connectivity index (χ1n) is 8.78. The molecule has 1 atom stereocenters. The van der Waals surface area contributed by atoms with Crippen molar-refractivity contribution in [3.05, 3.63) is 30.1 Å². The van der Waals surface area contributed by atoms with E-state index >= 15 is 0 Å². The van der Waals surface area contributed by atoms with Crippen molar-refractivity contribution in [3.8, 4) is 0 Å². The minimum Gasteiger partial charge on any atom is -0.396 e. The number of hydrogen-bond acceptors (Lipinski definition) is 3. The SMILES string of the molecule is CCNC(=NCC(C)CO)NC1CCN(c2cccc(F)c2)CC1. The third kappa shape index (κ3) is 5.67. The number of aliphatic hydroxyl groups excluding tert-OH is 1. The van der Waals surface area contributed by atoms with Gasteiger partial charge in [-0.2, -0.15) is 0 Å². The van der Waals surface area contributed by atoms with E-state index in [4.69, 9.17) is 5.11 Å². The molecule has 1 saturated heterocycles. The fourth-order valence-corrected chi connectivity index (χ4v) is 2.77. The molecule has 3 N–H and O–H groups in total. The first-order chi connectivity index (χ1) is 11.6. The van der Waals surface area contributed by atoms with E-state index in [1.165, 1.54) is 6.07 Å². The van der Waals surface area contributed by atoms with Crippen LogP contribution in [0.1, 0.15) is 26.7 Å². The molecule has 24 heavy (non-hydrogen) atoms. The van der Waals surface area contributed by atoms with Gasteiger partial charge in [0.2, 0.25) is 0 Å². The molecule has 0 amide bonds. The monoisotopic (exact) mass is 336 g/mol. The number of rotatable bonds is 6. The van der Waals surface area contributed by atoms with Crippen LogP contribution in [-0.2, 0) is 0 Å². The molecular formula is C18H29FN4O. The molecule has 1 aromatic rings. The third-order valence-corrected chi connectivity index (χ3v) is 4.23. The number of piperidine rings is 1. The summed E-state index contributed by atoms with van der Waals surface area (Å²) in [4.78, 5) is 6.76. The minimum absolute atomic E-state index is 0.148. The van der Waals surface area contributed by atoms with Crippen LogP contribution in [0.2, 0.25) is 0 Å². The molecule has 0 spiro atoms. The number of hydrogen-bond donors (Lipinski definition) is 3. The van der Waals surface area contributed by atoms with Crippen molar-refractivity contribution >= 4 is 11.6 Å². The second-order valence-corrected chi connectivity index (χ2v) is 6.39. The van der Waals surface area contributed by atoms with Gasteiger partial charge in [-0.05, 0) is 43.9 Å². The van der Waals surface area contributed by atoms with E-state index in [2.05, 4.69) is 20.5 Å². The summed E-state index contributed by atoms with van der Waals surface area (Å²) in [5.41, 5.74) is 0.950. The molecule has 1 unspecified atom stereocenters. The topological polar surface area (TPSA) is 59.9 Å². The zero-order valence-electron chi connectivity index (χ0n) is 14.6. The van der Waals surface area contributed by atoms with Gasteiger partial charge in [0.05, 0.1) is 0 Å². The maximum Gasteiger partial charge on any atom is 0.191 e. The van der Waals surface area contributed by atoms with E-state index < -0.39 is 0 Å². The van der Waals surface area contributed by atoms with E-state index in [0.717, 1.165) is 44.1 Å². The summed E-state index contributed by atoms with van der Waals surface area (Å²) in [5.74, 6) is 0.782. The molecule has 1 fully saturated rings. The summed E-state index contributed by atoms with van der Waals surface area (Å²) in [6, 6.07) is 7.14. The lowest BCUT2D eigenvalue weighted by atomic mass is 10.0. The van der Waals surface area contributed by atoms with Gasteiger partial charge in [0.15, 0.2) is 5.96 Å². The molecule has 0 bridgehead atoms. The summed E-state index contributed by atoms with van der Waals surface area (Å²) in [6.45, 7) is 7.37. The van der Waals surface area contributed by atoms with Gasteiger partial charge in [0.1, 0.15) is 5.82 Å². The average Bonchev–Trinajstić information content (AvgIpc) is 2.60. The zero-order valence-corrected chi connectivity index (χ0v) is 14.6. The molecule has 5 nitrogen and oxygen atoms in total. The normalized spacial score (nSPS) is 17.7. The number of benzene rings is 1. The molecular weight excluding hydrogens is 307 g/mol. The Balaban J connectivity index is 1.86. The van der Waals surface area contributed by atoms with Crippen LogP contribution in [0, 0.1) is 11.7 Å². The summed E-state index contributed by atoms with van der Waals surface area (Å²) in [7, 11) is 0. The molecule has 134 valence electrons. The van der Waals surface area contributed by atoms with Crippen LogP contribution in [0.3, 0.4) is 0 Å². The number of guanidine groups is 1. The lowest BCUT2D eigenvalue weighted by molar-refractivity contribution is 0.241. The van der Waals surface area contributed by atoms with Crippen molar-refractivity contribution in [1.82, 2.24) is 10.6 Å². The first kappa shape index (κ1) is 18.5. The number of halogens is 1. The highest BCUT2D eigenvalue weighted by Gasteiger charge is 2.20. The molecule has 0 aliphatic carbocycles. The largest absolute Gasteiger partial charge is 0.396 e. The average molecular weight is 336 g/mol. The number of aliphatic hydroxyl groups is 1. The van der Waals surface area contributed by atoms with Gasteiger partial charge >= 0.3 is 0 Å². The standard InChI is InChI=1S/C18H29FN4O/c1-3-20-18(21-12-14(2)13-24)22-16-7-9-23(10-8-16)17-6-4-5-15(19)11-17/h4-6,11,14,16,24H,3,7-10,12-13H2,1-2H3,(H2,20,21,22). The van der Waals surface area contributed by atoms with E-state index in [1.807, 2.05) is 19.9 Å². The van der Waals surface area contributed by atoms with Crippen molar-refractivity contribution in [2.75, 3.05) is 37.7 Å². The van der Waals surface area contributed by atoms with Crippen LogP contribution in [0.15, 0.2) is 29.3 Å². The van der Waals surface area contributed by atoms with E-state index in [1.54, 1.807) is 12.1 Å². The molecule has 0 aromatic heterocycles. The summed E-state index contributed by atoms with van der Waals surface area (Å²) in [6.07, 6.45) is 1.97. The van der Waals surface area contributed by atoms with Crippen molar-refractivity contribution in [2.24, 2.45) is 10.9 Å². The summed E-state index contributed by atoms with van der Waals surface area (Å²) in [5, 5.41) is 15.8. The number of nitrogens with zero attached hydrogens (tertiary/aromatic N) is 2. The van der Waals surface area contributed by atoms with Crippen LogP contribution in [0.25, 0.3) is 0 Å². The number of aliphatic imine (C=N–C) groups is 1. The Morgan fingerprint density at radius 2 is 2.17 bits per heavy atom. The Hall–Kier alpha value is -1.82. The van der Waals surface area contributed by atoms with Crippen molar-refractivity contribution < 1.29 is 9.50 Å². The van der Waals surface area contributed by atoms with Gasteiger partial charge in [-0.25, -0.2) is 4.39 Å². The van der Waals surface area contributed by atoms with E-state index in [0.29, 0.717) is 12.6 Å². The first-order valence-corrected chi connectivity index (χ1v) is 8.78. The van der Waals surface area contributed by atoms with Crippen LogP contribution in [0.5, 0.6) is 0 Å². The second-order valence-electron chi connectivity index (χ2n) is 6.39. The quantitative estimate of drug-likeness (QED) is 0.549. The Morgan fingerprint density at radius 1 is 1.42 bits per heavy atom. The Labute approximate surface area is 144 Å². The fraction of sp³-hybridized carbons (Fsp3) is 0.611. The van der Waals surface area contributed by atoms with Gasteiger partial charge in [-0.15, -0.1) is 0 Å². The fourth-order valence-electron chi connectivity index (χ4n) is 2.77. The lowest BCUT2D eigenvalue weighted by Crippen LogP contribution is -2.49. The van der Waals surface area contributed by atoms with Crippen molar-refractivity contribution in [3.63, 3.8) is 0 Å². The maximum absolute atomic E-state index is 13.4. The highest BCUT2D eigenvalue weighted by atomic mass is 19.1. The lowest BCUT2D eigenvalue weighted by Gasteiger charge is -2.34. The van der Waals surface area contributed by atoms with E-state index in [-0.39, 0.29) is 18.3 Å². The Kier molecular flexibility index (Phi) is 7.31. The number of nitrogens with one attached hydrogen (secondary N) is 2. The van der Waals surface area contributed by atoms with Crippen molar-refractivity contribution in [1.29, 1.82) is 0 Å². The molecule has 0 radical (unpaired) electrons. The second kappa shape index (κ2) is 9.47. The van der Waals surface area contributed by atoms with Crippen LogP contribution in [0.4, 0.5) is 10.1 Å². The molecule has 6 heteroatoms. The third-order valence-electron chi connectivity index (χ3n) is 4.23. The molecule has 0 saturated carbocycles.